The van der Waals surface area contributed by atoms with Crippen molar-refractivity contribution in [1.82, 2.24) is 0 Å². The number of phosphoric acid groups is 2. The quantitative estimate of drug-likeness (QED) is 0.0146. The Labute approximate surface area is 763 Å². The lowest BCUT2D eigenvalue weighted by Gasteiger charge is -2.21. The van der Waals surface area contributed by atoms with Crippen molar-refractivity contribution in [3.8, 4) is 0 Å². The summed E-state index contributed by atoms with van der Waals surface area (Å²) in [5.74, 6) is -1.58. The van der Waals surface area contributed by atoms with Crippen LogP contribution in [0.25, 0.3) is 0 Å². The van der Waals surface area contributed by atoms with Crippen molar-refractivity contribution in [3.05, 3.63) is 194 Å². The third kappa shape index (κ3) is 98.8. The Balaban J connectivity index is 4.60. The van der Waals surface area contributed by atoms with E-state index in [2.05, 4.69) is 215 Å². The van der Waals surface area contributed by atoms with Crippen LogP contribution < -0.4 is 0 Å². The van der Waals surface area contributed by atoms with Crippen LogP contribution in [0.3, 0.4) is 0 Å². The number of unbranched alkanes of at least 4 members (excludes halogenated alkanes) is 38. The molecule has 0 aromatic heterocycles. The van der Waals surface area contributed by atoms with Gasteiger partial charge in [0.2, 0.25) is 0 Å². The Kier molecular flexibility index (Phi) is 93.1. The molecule has 0 saturated carbocycles. The SMILES string of the molecule is CC/C=C\C/C=C\C/C=C\C/C=C\C/C=C\C/C=C\CCCCCCCCCCCCCCCCCCC(=O)OCC(O)COP(=O)(O)OCC(O)COP(=O)(O)OCC(COC(=O)CCCCCCCCCCCC/C=C\C/C=C\C/C=C\C/C=C\C/C=C\C/C=C\CC)OC(=O)CCCCCCCCCCC/C=C\C/C=C\C/C=C\C/C=C\CCCCC. The zero-order chi connectivity index (χ0) is 90.7. The van der Waals surface area contributed by atoms with Crippen LogP contribution in [0.4, 0.5) is 0 Å². The van der Waals surface area contributed by atoms with Gasteiger partial charge in [0, 0.05) is 19.3 Å². The number of hydrogen-bond donors (Lipinski definition) is 4. The summed E-state index contributed by atoms with van der Waals surface area (Å²) in [7, 11) is -9.82. The normalized spacial score (nSPS) is 14.5. The summed E-state index contributed by atoms with van der Waals surface area (Å²) in [6.45, 7) is 2.46. The first-order chi connectivity index (χ1) is 61.2. The molecule has 0 aliphatic heterocycles. The molecule has 5 atom stereocenters. The standard InChI is InChI=1S/C107H180O16P2/c1-4-7-10-13-16-19-22-25-28-31-34-37-40-43-45-47-48-49-50-51-52-54-56-58-60-63-66-69-72-75-78-81-84-87-90-93-105(110)117-96-102(108)97-119-124(113,114)120-98-103(109)99-121-125(115,116)122-101-104(123-107(112)95-92-89-86-83-80-77-74-71-68-65-62-57-42-39-36-33-30-27-24-21-18-15-12-9-6-3)100-118-106(111)94-91-88-85-82-79-76-73-70-67-64-61-59-55-53-46-44-41-38-35-32-29-26-23-20-17-14-11-8-5-2/h7-8,10-11,16-21,25-30,34-39,43-46,48-49,55,57,59,62,102-104,108-109H,4-6,9,12-15,22-24,31-33,40-42,47,50-54,56,58,60-61,63-101H2,1-3H3,(H,113,114)(H,115,116)/b10-7-,11-8-,19-16-,20-17-,21-18-,28-25-,29-26-,30-27-,37-34-,38-35-,39-36-,45-43-,46-44-,49-48-,59-55-,62-57-. The number of aliphatic hydroxyl groups is 2. The van der Waals surface area contributed by atoms with Crippen molar-refractivity contribution in [2.24, 2.45) is 0 Å². The number of aliphatic hydroxyl groups excluding tert-OH is 2. The number of carbonyl (C=O) groups excluding carboxylic acids is 3. The average molecular weight is 1780 g/mol. The van der Waals surface area contributed by atoms with Crippen LogP contribution in [0, 0.1) is 0 Å². The number of allylic oxidation sites excluding steroid dienone is 32. The highest BCUT2D eigenvalue weighted by molar-refractivity contribution is 7.47. The molecule has 0 aromatic carbocycles. The molecule has 18 heteroatoms. The fourth-order valence-electron chi connectivity index (χ4n) is 13.3. The highest BCUT2D eigenvalue weighted by Gasteiger charge is 2.30. The van der Waals surface area contributed by atoms with E-state index < -0.39 is 91.5 Å². The predicted molar refractivity (Wildman–Crippen MR) is 528 cm³/mol. The number of rotatable bonds is 93. The zero-order valence-electron chi connectivity index (χ0n) is 79.0. The molecule has 0 aliphatic carbocycles. The number of carbonyl (C=O) groups is 3. The molecule has 0 fully saturated rings. The lowest BCUT2D eigenvalue weighted by molar-refractivity contribution is -0.161. The van der Waals surface area contributed by atoms with Crippen LogP contribution in [-0.2, 0) is 55.8 Å². The number of ether oxygens (including phenoxy) is 3. The van der Waals surface area contributed by atoms with Crippen molar-refractivity contribution in [2.75, 3.05) is 39.6 Å². The maximum atomic E-state index is 13.1. The maximum absolute atomic E-state index is 13.1. The topological polar surface area (TPSA) is 231 Å². The molecule has 125 heavy (non-hydrogen) atoms. The summed E-state index contributed by atoms with van der Waals surface area (Å²) in [6.07, 6.45) is 130. The van der Waals surface area contributed by atoms with Crippen LogP contribution in [0.2, 0.25) is 0 Å². The van der Waals surface area contributed by atoms with Gasteiger partial charge in [-0.25, -0.2) is 9.13 Å². The highest BCUT2D eigenvalue weighted by Crippen LogP contribution is 2.45. The number of phosphoric ester groups is 2. The minimum atomic E-state index is -4.95. The predicted octanol–water partition coefficient (Wildman–Crippen LogP) is 31.3. The molecule has 0 radical (unpaired) electrons. The van der Waals surface area contributed by atoms with E-state index >= 15 is 0 Å². The Hall–Kier alpha value is -5.61. The zero-order valence-corrected chi connectivity index (χ0v) is 80.7. The van der Waals surface area contributed by atoms with E-state index in [1.165, 1.54) is 167 Å². The van der Waals surface area contributed by atoms with Crippen molar-refractivity contribution in [1.29, 1.82) is 0 Å². The first-order valence-corrected chi connectivity index (χ1v) is 52.7. The fraction of sp³-hybridized carbons (Fsp3) is 0.673. The Bertz CT molecular complexity index is 3050. The van der Waals surface area contributed by atoms with E-state index in [1.54, 1.807) is 0 Å². The molecule has 4 N–H and O–H groups in total. The third-order valence-corrected chi connectivity index (χ3v) is 22.7. The van der Waals surface area contributed by atoms with Gasteiger partial charge in [-0.3, -0.25) is 32.5 Å². The maximum Gasteiger partial charge on any atom is 0.472 e. The summed E-state index contributed by atoms with van der Waals surface area (Å²) in [5.41, 5.74) is 0. The lowest BCUT2D eigenvalue weighted by atomic mass is 10.0. The van der Waals surface area contributed by atoms with Gasteiger partial charge in [-0.05, 0) is 167 Å². The molecule has 0 heterocycles. The minimum Gasteiger partial charge on any atom is -0.463 e. The first kappa shape index (κ1) is 119. The molecule has 0 amide bonds. The monoisotopic (exact) mass is 1780 g/mol. The molecule has 16 nitrogen and oxygen atoms in total. The second-order valence-corrected chi connectivity index (χ2v) is 35.7. The summed E-state index contributed by atoms with van der Waals surface area (Å²) < 4.78 is 61.6. The van der Waals surface area contributed by atoms with E-state index in [9.17, 15) is 43.5 Å². The van der Waals surface area contributed by atoms with Gasteiger partial charge in [0.15, 0.2) is 6.10 Å². The molecular weight excluding hydrogens is 1600 g/mol. The van der Waals surface area contributed by atoms with Crippen LogP contribution in [0.15, 0.2) is 194 Å². The second kappa shape index (κ2) is 97.4. The molecule has 5 unspecified atom stereocenters. The Morgan fingerprint density at radius 2 is 0.424 bits per heavy atom. The molecule has 0 rings (SSSR count). The minimum absolute atomic E-state index is 0.0915. The third-order valence-electron chi connectivity index (χ3n) is 20.8. The van der Waals surface area contributed by atoms with Gasteiger partial charge >= 0.3 is 33.6 Å². The van der Waals surface area contributed by atoms with Crippen LogP contribution in [0.1, 0.15) is 406 Å². The van der Waals surface area contributed by atoms with Crippen molar-refractivity contribution >= 4 is 33.6 Å². The molecular formula is C107H180O16P2. The molecule has 0 bridgehead atoms. The smallest absolute Gasteiger partial charge is 0.463 e. The molecule has 0 aliphatic rings. The van der Waals surface area contributed by atoms with Gasteiger partial charge in [0.05, 0.1) is 26.4 Å². The average Bonchev–Trinajstić information content (AvgIpc) is 0.897. The lowest BCUT2D eigenvalue weighted by Crippen LogP contribution is -2.30. The largest absolute Gasteiger partial charge is 0.472 e. The van der Waals surface area contributed by atoms with E-state index in [1.807, 2.05) is 0 Å². The molecule has 0 aromatic rings. The van der Waals surface area contributed by atoms with E-state index in [4.69, 9.17) is 32.3 Å². The van der Waals surface area contributed by atoms with Gasteiger partial charge in [0.1, 0.15) is 25.4 Å². The van der Waals surface area contributed by atoms with Crippen LogP contribution in [-0.4, -0.2) is 95.9 Å². The van der Waals surface area contributed by atoms with Crippen LogP contribution >= 0.6 is 15.6 Å². The Morgan fingerprint density at radius 3 is 0.672 bits per heavy atom. The molecule has 714 valence electrons. The van der Waals surface area contributed by atoms with Crippen molar-refractivity contribution < 1.29 is 75.8 Å². The summed E-state index contributed by atoms with van der Waals surface area (Å²) in [5, 5.41) is 20.8. The van der Waals surface area contributed by atoms with E-state index in [-0.39, 0.29) is 19.3 Å². The highest BCUT2D eigenvalue weighted by atomic mass is 31.2. The molecule has 0 saturated heterocycles. The van der Waals surface area contributed by atoms with Gasteiger partial charge in [-0.1, -0.05) is 414 Å². The van der Waals surface area contributed by atoms with Gasteiger partial charge in [-0.2, -0.15) is 0 Å². The number of esters is 3. The van der Waals surface area contributed by atoms with Gasteiger partial charge in [0.25, 0.3) is 0 Å². The summed E-state index contributed by atoms with van der Waals surface area (Å²) >= 11 is 0. The first-order valence-electron chi connectivity index (χ1n) is 49.7. The summed E-state index contributed by atoms with van der Waals surface area (Å²) in [6, 6.07) is 0. The Morgan fingerprint density at radius 1 is 0.232 bits per heavy atom. The van der Waals surface area contributed by atoms with E-state index in [0.717, 1.165) is 180 Å². The van der Waals surface area contributed by atoms with Crippen molar-refractivity contribution in [2.45, 2.75) is 424 Å². The molecule has 0 spiro atoms. The summed E-state index contributed by atoms with van der Waals surface area (Å²) in [4.78, 5) is 59.2. The van der Waals surface area contributed by atoms with Gasteiger partial charge < -0.3 is 34.2 Å². The number of hydrogen-bond acceptors (Lipinski definition) is 14. The van der Waals surface area contributed by atoms with Gasteiger partial charge in [-0.15, -0.1) is 0 Å². The van der Waals surface area contributed by atoms with Crippen LogP contribution in [0.5, 0.6) is 0 Å². The van der Waals surface area contributed by atoms with E-state index in [0.29, 0.717) is 19.3 Å². The van der Waals surface area contributed by atoms with Crippen molar-refractivity contribution in [3.63, 3.8) is 0 Å². The fourth-order valence-corrected chi connectivity index (χ4v) is 14.9. The second-order valence-electron chi connectivity index (χ2n) is 32.8.